The average molecular weight is 397 g/mol. The number of hydrogen-bond acceptors (Lipinski definition) is 4. The second-order valence-corrected chi connectivity index (χ2v) is 7.29. The third-order valence-corrected chi connectivity index (χ3v) is 5.57. The fraction of sp³-hybridized carbons (Fsp3) is 0.125. The second-order valence-electron chi connectivity index (χ2n) is 7.29. The number of methoxy groups -OCH3 is 1. The number of amides is 1. The highest BCUT2D eigenvalue weighted by molar-refractivity contribution is 6.17. The maximum absolute atomic E-state index is 12.3. The van der Waals surface area contributed by atoms with Gasteiger partial charge in [0.05, 0.1) is 24.0 Å². The van der Waals surface area contributed by atoms with E-state index in [4.69, 9.17) is 4.74 Å². The lowest BCUT2D eigenvalue weighted by Crippen LogP contribution is -2.08. The minimum absolute atomic E-state index is 0.197. The number of fused-ring (bicyclic) bond motifs is 5. The first-order valence-corrected chi connectivity index (χ1v) is 9.67. The summed E-state index contributed by atoms with van der Waals surface area (Å²) in [6.07, 6.45) is 4.36. The first kappa shape index (κ1) is 18.1. The molecular weight excluding hydrogens is 378 g/mol. The summed E-state index contributed by atoms with van der Waals surface area (Å²) in [5.41, 5.74) is 4.94. The van der Waals surface area contributed by atoms with Gasteiger partial charge in [-0.2, -0.15) is 0 Å². The van der Waals surface area contributed by atoms with Crippen molar-refractivity contribution in [3.8, 4) is 17.0 Å². The number of hydrogen-bond donors (Lipinski definition) is 2. The number of pyridine rings is 1. The Morgan fingerprint density at radius 2 is 2.07 bits per heavy atom. The first-order chi connectivity index (χ1) is 14.6. The number of rotatable bonds is 4. The van der Waals surface area contributed by atoms with Crippen LogP contribution in [-0.4, -0.2) is 28.8 Å². The lowest BCUT2D eigenvalue weighted by molar-refractivity contribution is -0.111. The lowest BCUT2D eigenvalue weighted by Gasteiger charge is -2.11. The van der Waals surface area contributed by atoms with Crippen molar-refractivity contribution in [2.45, 2.75) is 12.8 Å². The molecule has 0 aliphatic heterocycles. The van der Waals surface area contributed by atoms with Gasteiger partial charge < -0.3 is 15.0 Å². The van der Waals surface area contributed by atoms with E-state index in [0.29, 0.717) is 17.9 Å². The van der Waals surface area contributed by atoms with Gasteiger partial charge in [-0.1, -0.05) is 18.7 Å². The number of benzene rings is 2. The number of H-pyrrole nitrogens is 1. The Balaban J connectivity index is 1.66. The van der Waals surface area contributed by atoms with Gasteiger partial charge in [0, 0.05) is 45.6 Å². The first-order valence-electron chi connectivity index (χ1n) is 9.67. The van der Waals surface area contributed by atoms with Gasteiger partial charge in [0.25, 0.3) is 0 Å². The molecule has 0 fully saturated rings. The molecule has 0 bridgehead atoms. The van der Waals surface area contributed by atoms with Gasteiger partial charge in [-0.15, -0.1) is 0 Å². The van der Waals surface area contributed by atoms with Gasteiger partial charge in [-0.05, 0) is 36.8 Å². The number of ketones is 1. The molecule has 0 saturated carbocycles. The summed E-state index contributed by atoms with van der Waals surface area (Å²) in [7, 11) is 1.55. The number of aromatic nitrogens is 2. The minimum atomic E-state index is -0.316. The largest absolute Gasteiger partial charge is 0.495 e. The molecule has 1 aliphatic rings. The molecule has 2 N–H and O–H groups in total. The molecule has 0 spiro atoms. The van der Waals surface area contributed by atoms with Crippen molar-refractivity contribution in [1.29, 1.82) is 0 Å². The van der Waals surface area contributed by atoms with Crippen molar-refractivity contribution in [1.82, 2.24) is 9.97 Å². The minimum Gasteiger partial charge on any atom is -0.495 e. The summed E-state index contributed by atoms with van der Waals surface area (Å²) in [6.45, 7) is 3.49. The van der Waals surface area contributed by atoms with Gasteiger partial charge in [0.2, 0.25) is 5.91 Å². The molecule has 2 aromatic heterocycles. The Bertz CT molecular complexity index is 1370. The van der Waals surface area contributed by atoms with Crippen LogP contribution in [0.1, 0.15) is 22.5 Å². The molecule has 148 valence electrons. The number of nitrogens with one attached hydrogen (secondary N) is 2. The number of aryl methyl sites for hydroxylation is 1. The maximum atomic E-state index is 12.3. The zero-order valence-corrected chi connectivity index (χ0v) is 16.4. The highest BCUT2D eigenvalue weighted by Gasteiger charge is 2.25. The number of anilines is 1. The SMILES string of the molecule is C=CC(=O)Nc1cc(-c2cc3c(ccc4c5c([nH]c43)CCC5=O)cn2)ccc1OC. The van der Waals surface area contributed by atoms with Crippen molar-refractivity contribution in [2.75, 3.05) is 12.4 Å². The van der Waals surface area contributed by atoms with E-state index < -0.39 is 0 Å². The molecule has 6 nitrogen and oxygen atoms in total. The number of ether oxygens (including phenoxy) is 1. The Kier molecular flexibility index (Phi) is 4.13. The molecule has 1 amide bonds. The van der Waals surface area contributed by atoms with E-state index in [-0.39, 0.29) is 11.7 Å². The lowest BCUT2D eigenvalue weighted by atomic mass is 10.0. The topological polar surface area (TPSA) is 84.1 Å². The Labute approximate surface area is 172 Å². The predicted octanol–water partition coefficient (Wildman–Crippen LogP) is 4.65. The molecule has 30 heavy (non-hydrogen) atoms. The van der Waals surface area contributed by atoms with Gasteiger partial charge in [0.1, 0.15) is 5.75 Å². The van der Waals surface area contributed by atoms with E-state index in [1.807, 2.05) is 36.5 Å². The highest BCUT2D eigenvalue weighted by Crippen LogP contribution is 2.36. The highest BCUT2D eigenvalue weighted by atomic mass is 16.5. The Morgan fingerprint density at radius 1 is 1.20 bits per heavy atom. The Morgan fingerprint density at radius 3 is 2.87 bits per heavy atom. The van der Waals surface area contributed by atoms with Crippen LogP contribution in [0, 0.1) is 0 Å². The van der Waals surface area contributed by atoms with Crippen LogP contribution in [0.25, 0.3) is 32.9 Å². The molecular formula is C24H19N3O3. The molecule has 0 radical (unpaired) electrons. The van der Waals surface area contributed by atoms with Crippen LogP contribution >= 0.6 is 0 Å². The number of Topliss-reactive ketones (excluding diaryl/α,β-unsaturated/α-hetero) is 1. The third kappa shape index (κ3) is 2.76. The molecule has 5 rings (SSSR count). The summed E-state index contributed by atoms with van der Waals surface area (Å²) in [5.74, 6) is 0.434. The molecule has 2 heterocycles. The monoisotopic (exact) mass is 397 g/mol. The molecule has 2 aromatic carbocycles. The fourth-order valence-corrected chi connectivity index (χ4v) is 4.11. The number of aromatic amines is 1. The Hall–Kier alpha value is -3.93. The number of carbonyl (C=O) groups is 2. The maximum Gasteiger partial charge on any atom is 0.247 e. The molecule has 6 heteroatoms. The van der Waals surface area contributed by atoms with Crippen LogP contribution < -0.4 is 10.1 Å². The third-order valence-electron chi connectivity index (χ3n) is 5.57. The van der Waals surface area contributed by atoms with E-state index in [1.165, 1.54) is 6.08 Å². The van der Waals surface area contributed by atoms with E-state index in [9.17, 15) is 9.59 Å². The van der Waals surface area contributed by atoms with E-state index in [1.54, 1.807) is 13.2 Å². The van der Waals surface area contributed by atoms with Crippen molar-refractivity contribution in [2.24, 2.45) is 0 Å². The van der Waals surface area contributed by atoms with Crippen LogP contribution in [0.15, 0.2) is 55.3 Å². The fourth-order valence-electron chi connectivity index (χ4n) is 4.11. The summed E-state index contributed by atoms with van der Waals surface area (Å²) in [4.78, 5) is 32.1. The predicted molar refractivity (Wildman–Crippen MR) is 117 cm³/mol. The van der Waals surface area contributed by atoms with Crippen LogP contribution in [0.5, 0.6) is 5.75 Å². The second kappa shape index (κ2) is 6.84. The van der Waals surface area contributed by atoms with Crippen LogP contribution in [0.3, 0.4) is 0 Å². The summed E-state index contributed by atoms with van der Waals surface area (Å²) in [6, 6.07) is 11.5. The molecule has 0 atom stereocenters. The molecule has 0 unspecified atom stereocenters. The van der Waals surface area contributed by atoms with Gasteiger partial charge in [-0.3, -0.25) is 14.6 Å². The number of carbonyl (C=O) groups excluding carboxylic acids is 2. The molecule has 1 aliphatic carbocycles. The van der Waals surface area contributed by atoms with Crippen LogP contribution in [0.4, 0.5) is 5.69 Å². The van der Waals surface area contributed by atoms with Gasteiger partial charge >= 0.3 is 0 Å². The smallest absolute Gasteiger partial charge is 0.247 e. The van der Waals surface area contributed by atoms with Gasteiger partial charge in [0.15, 0.2) is 5.78 Å². The molecule has 0 saturated heterocycles. The van der Waals surface area contributed by atoms with E-state index in [0.717, 1.165) is 50.6 Å². The van der Waals surface area contributed by atoms with Crippen molar-refractivity contribution in [3.63, 3.8) is 0 Å². The average Bonchev–Trinajstić information content (AvgIpc) is 3.33. The summed E-state index contributed by atoms with van der Waals surface area (Å²) < 4.78 is 5.35. The molecule has 4 aromatic rings. The summed E-state index contributed by atoms with van der Waals surface area (Å²) >= 11 is 0. The van der Waals surface area contributed by atoms with E-state index in [2.05, 4.69) is 21.9 Å². The van der Waals surface area contributed by atoms with Gasteiger partial charge in [-0.25, -0.2) is 0 Å². The normalized spacial score (nSPS) is 12.9. The zero-order chi connectivity index (χ0) is 20.8. The van der Waals surface area contributed by atoms with Crippen LogP contribution in [0.2, 0.25) is 0 Å². The van der Waals surface area contributed by atoms with Crippen molar-refractivity contribution in [3.05, 3.63) is 66.5 Å². The van der Waals surface area contributed by atoms with Crippen LogP contribution in [-0.2, 0) is 11.2 Å². The van der Waals surface area contributed by atoms with Crippen molar-refractivity contribution >= 4 is 39.1 Å². The van der Waals surface area contributed by atoms with E-state index >= 15 is 0 Å². The quantitative estimate of drug-likeness (QED) is 0.491. The standard InChI is InChI=1S/C24H19N3O3/c1-3-22(29)26-19-10-13(5-9-21(19)30-2)18-11-16-14(12-25-18)4-6-15-23-17(27-24(15)16)7-8-20(23)28/h3-6,9-12,27H,1,7-8H2,2H3,(H,26,29). The zero-order valence-electron chi connectivity index (χ0n) is 16.4. The number of nitrogens with zero attached hydrogens (tertiary/aromatic N) is 1. The van der Waals surface area contributed by atoms with Crippen molar-refractivity contribution < 1.29 is 14.3 Å². The summed E-state index contributed by atoms with van der Waals surface area (Å²) in [5, 5.41) is 5.73.